The van der Waals surface area contributed by atoms with Crippen LogP contribution in [0, 0.1) is 11.3 Å². The highest BCUT2D eigenvalue weighted by Crippen LogP contribution is 2.47. The van der Waals surface area contributed by atoms with E-state index >= 15 is 0 Å². The summed E-state index contributed by atoms with van der Waals surface area (Å²) in [6, 6.07) is 13.4. The zero-order valence-corrected chi connectivity index (χ0v) is 20.7. The molecule has 0 fully saturated rings. The minimum Gasteiger partial charge on any atom is -0.493 e. The number of benzene rings is 2. The third kappa shape index (κ3) is 4.21. The molecule has 0 unspecified atom stereocenters. The van der Waals surface area contributed by atoms with Gasteiger partial charge in [0.25, 0.3) is 0 Å². The number of ether oxygens (including phenoxy) is 2. The highest BCUT2D eigenvalue weighted by Gasteiger charge is 2.39. The largest absolute Gasteiger partial charge is 0.493 e. The molecular weight excluding hydrogens is 506 g/mol. The molecule has 4 rings (SSSR count). The Hall–Kier alpha value is -2.95. The maximum absolute atomic E-state index is 13.0. The highest BCUT2D eigenvalue weighted by atomic mass is 79.9. The van der Waals surface area contributed by atoms with Crippen molar-refractivity contribution in [2.45, 2.75) is 31.8 Å². The van der Waals surface area contributed by atoms with E-state index in [1.165, 1.54) is 0 Å². The molecule has 2 aliphatic rings. The molecule has 2 aromatic rings. The van der Waals surface area contributed by atoms with E-state index in [0.29, 0.717) is 44.4 Å². The number of carbonyl (C=O) groups excluding carboxylic acids is 1. The molecule has 1 aliphatic carbocycles. The Bertz CT molecular complexity index is 1230. The van der Waals surface area contributed by atoms with E-state index in [-0.39, 0.29) is 12.4 Å². The van der Waals surface area contributed by atoms with Gasteiger partial charge < -0.3 is 20.1 Å². The van der Waals surface area contributed by atoms with Crippen molar-refractivity contribution in [1.29, 1.82) is 5.26 Å². The van der Waals surface area contributed by atoms with Crippen LogP contribution in [-0.4, -0.2) is 24.8 Å². The van der Waals surface area contributed by atoms with Gasteiger partial charge in [0.2, 0.25) is 0 Å². The lowest BCUT2D eigenvalue weighted by Gasteiger charge is -2.37. The van der Waals surface area contributed by atoms with Gasteiger partial charge in [-0.3, -0.25) is 4.79 Å². The minimum absolute atomic E-state index is 0.0440. The van der Waals surface area contributed by atoms with E-state index < -0.39 is 5.92 Å². The molecule has 1 aliphatic heterocycles. The maximum Gasteiger partial charge on any atom is 0.175 e. The van der Waals surface area contributed by atoms with Crippen molar-refractivity contribution in [1.82, 2.24) is 4.90 Å². The molecule has 0 saturated carbocycles. The topological polar surface area (TPSA) is 88.6 Å². The Morgan fingerprint density at radius 2 is 2.06 bits per heavy atom. The summed E-state index contributed by atoms with van der Waals surface area (Å²) in [5.41, 5.74) is 9.78. The van der Waals surface area contributed by atoms with Crippen LogP contribution in [-0.2, 0) is 11.4 Å². The molecular formula is C25H23BrClN3O3. The number of hydrogen-bond donors (Lipinski definition) is 1. The molecule has 33 heavy (non-hydrogen) atoms. The number of nitrogens with zero attached hydrogens (tertiary/aromatic N) is 2. The summed E-state index contributed by atoms with van der Waals surface area (Å²) in [5.74, 6) is 0.838. The smallest absolute Gasteiger partial charge is 0.175 e. The lowest BCUT2D eigenvalue weighted by Crippen LogP contribution is -2.36. The normalized spacial score (nSPS) is 18.2. The van der Waals surface area contributed by atoms with Gasteiger partial charge in [0.05, 0.1) is 29.1 Å². The van der Waals surface area contributed by atoms with E-state index in [4.69, 9.17) is 26.8 Å². The first-order chi connectivity index (χ1) is 15.9. The van der Waals surface area contributed by atoms with E-state index in [0.717, 1.165) is 29.7 Å². The van der Waals surface area contributed by atoms with Gasteiger partial charge in [0.15, 0.2) is 17.3 Å². The van der Waals surface area contributed by atoms with Crippen molar-refractivity contribution < 1.29 is 14.3 Å². The summed E-state index contributed by atoms with van der Waals surface area (Å²) in [6.07, 6.45) is 1.97. The van der Waals surface area contributed by atoms with Gasteiger partial charge in [-0.2, -0.15) is 5.26 Å². The molecule has 2 aromatic carbocycles. The van der Waals surface area contributed by atoms with Crippen LogP contribution in [0.5, 0.6) is 11.5 Å². The number of Topliss-reactive ketones (excluding diaryl/α,β-unsaturated/α-hetero) is 1. The van der Waals surface area contributed by atoms with Gasteiger partial charge in [-0.1, -0.05) is 29.8 Å². The van der Waals surface area contributed by atoms with Crippen molar-refractivity contribution >= 4 is 33.3 Å². The number of nitriles is 1. The zero-order chi connectivity index (χ0) is 23.7. The van der Waals surface area contributed by atoms with Crippen LogP contribution in [0.1, 0.15) is 36.3 Å². The Labute approximate surface area is 206 Å². The molecule has 0 radical (unpaired) electrons. The average Bonchev–Trinajstić information content (AvgIpc) is 2.81. The average molecular weight is 529 g/mol. The maximum atomic E-state index is 13.0. The Kier molecular flexibility index (Phi) is 6.68. The third-order valence-corrected chi connectivity index (χ3v) is 7.04. The predicted octanol–water partition coefficient (Wildman–Crippen LogP) is 5.42. The summed E-state index contributed by atoms with van der Waals surface area (Å²) in [6.45, 7) is 0.256. The fraction of sp³-hybridized carbons (Fsp3) is 0.280. The number of rotatable bonds is 5. The summed E-state index contributed by atoms with van der Waals surface area (Å²) in [4.78, 5) is 14.8. The van der Waals surface area contributed by atoms with Crippen LogP contribution in [0.2, 0.25) is 5.02 Å². The van der Waals surface area contributed by atoms with E-state index in [1.807, 2.05) is 30.3 Å². The van der Waals surface area contributed by atoms with Crippen molar-refractivity contribution in [2.75, 3.05) is 14.2 Å². The Morgan fingerprint density at radius 1 is 1.30 bits per heavy atom. The van der Waals surface area contributed by atoms with Crippen LogP contribution in [0.25, 0.3) is 0 Å². The van der Waals surface area contributed by atoms with Crippen molar-refractivity contribution in [2.24, 2.45) is 5.73 Å². The number of methoxy groups -OCH3 is 1. The van der Waals surface area contributed by atoms with Gasteiger partial charge >= 0.3 is 0 Å². The molecule has 6 nitrogen and oxygen atoms in total. The Balaban J connectivity index is 1.77. The van der Waals surface area contributed by atoms with Gasteiger partial charge in [-0.25, -0.2) is 0 Å². The predicted molar refractivity (Wildman–Crippen MR) is 130 cm³/mol. The highest BCUT2D eigenvalue weighted by molar-refractivity contribution is 9.10. The number of allylic oxidation sites excluding steroid dienone is 3. The molecule has 0 bridgehead atoms. The van der Waals surface area contributed by atoms with Crippen molar-refractivity contribution in [3.8, 4) is 17.6 Å². The molecule has 0 aromatic heterocycles. The second kappa shape index (κ2) is 9.50. The molecule has 8 heteroatoms. The van der Waals surface area contributed by atoms with Crippen LogP contribution in [0.15, 0.2) is 63.5 Å². The molecule has 0 spiro atoms. The first kappa shape index (κ1) is 23.2. The monoisotopic (exact) mass is 527 g/mol. The fourth-order valence-electron chi connectivity index (χ4n) is 4.41. The van der Waals surface area contributed by atoms with Gasteiger partial charge in [-0.05, 0) is 52.5 Å². The lowest BCUT2D eigenvalue weighted by atomic mass is 9.76. The zero-order valence-electron chi connectivity index (χ0n) is 18.3. The van der Waals surface area contributed by atoms with E-state index in [9.17, 15) is 10.1 Å². The number of nitrogens with two attached hydrogens (primary N) is 1. The third-order valence-electron chi connectivity index (χ3n) is 6.08. The van der Waals surface area contributed by atoms with Crippen molar-refractivity contribution in [3.63, 3.8) is 0 Å². The van der Waals surface area contributed by atoms with E-state index in [1.54, 1.807) is 25.1 Å². The number of ketones is 1. The van der Waals surface area contributed by atoms with Crippen LogP contribution in [0.4, 0.5) is 0 Å². The lowest BCUT2D eigenvalue weighted by molar-refractivity contribution is -0.116. The first-order valence-corrected chi connectivity index (χ1v) is 11.7. The number of hydrogen-bond acceptors (Lipinski definition) is 6. The molecule has 0 saturated heterocycles. The molecule has 1 heterocycles. The van der Waals surface area contributed by atoms with Crippen LogP contribution in [0.3, 0.4) is 0 Å². The second-order valence-electron chi connectivity index (χ2n) is 7.95. The molecule has 1 atom stereocenters. The minimum atomic E-state index is -0.559. The van der Waals surface area contributed by atoms with Crippen LogP contribution >= 0.6 is 27.5 Å². The summed E-state index contributed by atoms with van der Waals surface area (Å²) in [7, 11) is 3.35. The summed E-state index contributed by atoms with van der Waals surface area (Å²) in [5, 5.41) is 10.6. The standard InChI is InChI=1S/C25H23BrClN3O3/c1-30-19-8-5-9-20(31)23(19)22(16(12-28)25(30)29)15-10-17(26)24(21(11-15)32-2)33-13-14-6-3-4-7-18(14)27/h3-4,6-7,10-11,22H,5,8-9,13,29H2,1-2H3/t22-/m1/s1. The second-order valence-corrected chi connectivity index (χ2v) is 9.22. The summed E-state index contributed by atoms with van der Waals surface area (Å²) >= 11 is 9.85. The van der Waals surface area contributed by atoms with Crippen LogP contribution < -0.4 is 15.2 Å². The van der Waals surface area contributed by atoms with Gasteiger partial charge in [0, 0.05) is 35.3 Å². The molecule has 170 valence electrons. The van der Waals surface area contributed by atoms with Crippen molar-refractivity contribution in [3.05, 3.63) is 79.7 Å². The quantitative estimate of drug-likeness (QED) is 0.557. The SMILES string of the molecule is COc1cc([C@@H]2C(C#N)=C(N)N(C)C3=C2C(=O)CCC3)cc(Br)c1OCc1ccccc1Cl. The fourth-order valence-corrected chi connectivity index (χ4v) is 5.17. The van der Waals surface area contributed by atoms with E-state index in [2.05, 4.69) is 22.0 Å². The first-order valence-electron chi connectivity index (χ1n) is 10.5. The van der Waals surface area contributed by atoms with Gasteiger partial charge in [-0.15, -0.1) is 0 Å². The molecule has 0 amide bonds. The van der Waals surface area contributed by atoms with Gasteiger partial charge in [0.1, 0.15) is 12.4 Å². The number of carbonyl (C=O) groups is 1. The molecule has 2 N–H and O–H groups in total. The number of halogens is 2. The summed E-state index contributed by atoms with van der Waals surface area (Å²) < 4.78 is 12.3. The Morgan fingerprint density at radius 3 is 2.76 bits per heavy atom.